The lowest BCUT2D eigenvalue weighted by molar-refractivity contribution is -0.144. The van der Waals surface area contributed by atoms with Gasteiger partial charge in [0.05, 0.1) is 26.2 Å². The zero-order valence-electron chi connectivity index (χ0n) is 16.3. The number of nitrogens with one attached hydrogen (secondary N) is 2. The number of amides is 2. The second kappa shape index (κ2) is 9.18. The predicted octanol–water partition coefficient (Wildman–Crippen LogP) is 0.957. The number of carbonyl (C=O) groups excluding carboxylic acids is 3. The van der Waals surface area contributed by atoms with E-state index >= 15 is 0 Å². The third kappa shape index (κ3) is 4.53. The molecule has 0 saturated carbocycles. The second-order valence-electron chi connectivity index (χ2n) is 6.53. The number of esters is 2. The Morgan fingerprint density at radius 1 is 1.28 bits per heavy atom. The highest BCUT2D eigenvalue weighted by Crippen LogP contribution is 2.33. The number of imidazole rings is 1. The molecule has 2 N–H and O–H groups in total. The first-order valence-corrected chi connectivity index (χ1v) is 9.19. The fourth-order valence-electron chi connectivity index (χ4n) is 3.37. The number of carbonyl (C=O) groups is 3. The molecule has 2 aromatic rings. The average Bonchev–Trinajstić information content (AvgIpc) is 3.24. The number of aromatic amines is 1. The van der Waals surface area contributed by atoms with Crippen molar-refractivity contribution in [1.29, 1.82) is 0 Å². The van der Waals surface area contributed by atoms with E-state index in [-0.39, 0.29) is 12.8 Å². The molecular weight excluding hydrogens is 378 g/mol. The Bertz CT molecular complexity index is 869. The average molecular weight is 401 g/mol. The van der Waals surface area contributed by atoms with Crippen LogP contribution in [0.5, 0.6) is 0 Å². The van der Waals surface area contributed by atoms with Gasteiger partial charge in [-0.2, -0.15) is 0 Å². The number of aromatic nitrogens is 3. The normalized spacial score (nSPS) is 16.5. The van der Waals surface area contributed by atoms with Crippen molar-refractivity contribution in [2.45, 2.75) is 31.3 Å². The van der Waals surface area contributed by atoms with Gasteiger partial charge in [-0.1, -0.05) is 0 Å². The van der Waals surface area contributed by atoms with Gasteiger partial charge in [0.15, 0.2) is 0 Å². The standard InChI is InChI=1S/C19H23N5O5/c1-28-15(25)4-3-14(18(26)29-2)23-19(27)24-10-7-13-16(22-11-21-13)17(24)12-5-8-20-9-6-12/h5-6,8-9,11,14,17H,3-4,7,10H2,1-2H3,(H,21,22)(H,23,27)/t14-,17-/m1/s1. The molecule has 1 aliphatic rings. The molecule has 2 aromatic heterocycles. The highest BCUT2D eigenvalue weighted by Gasteiger charge is 2.35. The van der Waals surface area contributed by atoms with E-state index in [0.29, 0.717) is 13.0 Å². The molecule has 10 nitrogen and oxygen atoms in total. The molecule has 0 spiro atoms. The van der Waals surface area contributed by atoms with E-state index in [1.54, 1.807) is 23.6 Å². The van der Waals surface area contributed by atoms with E-state index in [1.165, 1.54) is 14.2 Å². The first-order chi connectivity index (χ1) is 14.0. The molecule has 10 heteroatoms. The molecule has 29 heavy (non-hydrogen) atoms. The summed E-state index contributed by atoms with van der Waals surface area (Å²) in [4.78, 5) is 49.8. The van der Waals surface area contributed by atoms with Gasteiger partial charge < -0.3 is 24.7 Å². The number of pyridine rings is 1. The van der Waals surface area contributed by atoms with E-state index < -0.39 is 30.1 Å². The minimum absolute atomic E-state index is 0.0200. The van der Waals surface area contributed by atoms with E-state index in [1.807, 2.05) is 12.1 Å². The van der Waals surface area contributed by atoms with Crippen LogP contribution in [0.25, 0.3) is 0 Å². The Balaban J connectivity index is 1.82. The third-order valence-corrected chi connectivity index (χ3v) is 4.86. The molecule has 3 heterocycles. The van der Waals surface area contributed by atoms with Crippen LogP contribution in [-0.4, -0.2) is 64.6 Å². The van der Waals surface area contributed by atoms with E-state index in [4.69, 9.17) is 4.74 Å². The number of methoxy groups -OCH3 is 2. The summed E-state index contributed by atoms with van der Waals surface area (Å²) in [5, 5.41) is 2.69. The Kier molecular flexibility index (Phi) is 6.43. The van der Waals surface area contributed by atoms with Crippen molar-refractivity contribution in [1.82, 2.24) is 25.2 Å². The Hall–Kier alpha value is -3.43. The first kappa shape index (κ1) is 20.3. The molecule has 1 aliphatic heterocycles. The number of ether oxygens (including phenoxy) is 2. The molecule has 3 rings (SSSR count). The number of hydrogen-bond acceptors (Lipinski definition) is 7. The monoisotopic (exact) mass is 401 g/mol. The lowest BCUT2D eigenvalue weighted by Crippen LogP contribution is -2.51. The van der Waals surface area contributed by atoms with Crippen molar-refractivity contribution in [2.24, 2.45) is 0 Å². The molecule has 0 saturated heterocycles. The molecule has 0 radical (unpaired) electrons. The van der Waals surface area contributed by atoms with Gasteiger partial charge >= 0.3 is 18.0 Å². The lowest BCUT2D eigenvalue weighted by atomic mass is 9.97. The van der Waals surface area contributed by atoms with E-state index in [2.05, 4.69) is 25.0 Å². The number of fused-ring (bicyclic) bond motifs is 1. The molecule has 2 amide bonds. The van der Waals surface area contributed by atoms with Crippen molar-refractivity contribution in [3.8, 4) is 0 Å². The van der Waals surface area contributed by atoms with Crippen LogP contribution in [0.1, 0.15) is 35.8 Å². The molecule has 154 valence electrons. The highest BCUT2D eigenvalue weighted by atomic mass is 16.5. The number of H-pyrrole nitrogens is 1. The number of nitrogens with zero attached hydrogens (tertiary/aromatic N) is 3. The minimum Gasteiger partial charge on any atom is -0.469 e. The number of urea groups is 1. The smallest absolute Gasteiger partial charge is 0.328 e. The van der Waals surface area contributed by atoms with Crippen LogP contribution in [-0.2, 0) is 25.5 Å². The van der Waals surface area contributed by atoms with Crippen LogP contribution in [0.2, 0.25) is 0 Å². The van der Waals surface area contributed by atoms with Gasteiger partial charge in [-0.05, 0) is 24.1 Å². The largest absolute Gasteiger partial charge is 0.469 e. The summed E-state index contributed by atoms with van der Waals surface area (Å²) in [6.45, 7) is 0.429. The summed E-state index contributed by atoms with van der Waals surface area (Å²) in [5.41, 5.74) is 2.57. The Morgan fingerprint density at radius 3 is 2.72 bits per heavy atom. The zero-order chi connectivity index (χ0) is 20.8. The molecule has 0 unspecified atom stereocenters. The van der Waals surface area contributed by atoms with Crippen LogP contribution in [0.3, 0.4) is 0 Å². The third-order valence-electron chi connectivity index (χ3n) is 4.86. The molecule has 0 fully saturated rings. The summed E-state index contributed by atoms with van der Waals surface area (Å²) in [7, 11) is 2.50. The molecule has 0 aliphatic carbocycles. The SMILES string of the molecule is COC(=O)CC[C@@H](NC(=O)N1CCc2[nH]cnc2[C@H]1c1ccncc1)C(=O)OC. The van der Waals surface area contributed by atoms with Gasteiger partial charge in [0.2, 0.25) is 0 Å². The summed E-state index contributed by atoms with van der Waals surface area (Å²) >= 11 is 0. The maximum Gasteiger partial charge on any atom is 0.328 e. The van der Waals surface area contributed by atoms with Crippen molar-refractivity contribution < 1.29 is 23.9 Å². The highest BCUT2D eigenvalue weighted by molar-refractivity contribution is 5.84. The molecule has 0 bridgehead atoms. The van der Waals surface area contributed by atoms with Crippen molar-refractivity contribution in [3.63, 3.8) is 0 Å². The molecular formula is C19H23N5O5. The van der Waals surface area contributed by atoms with Gasteiger partial charge in [0.1, 0.15) is 12.1 Å². The summed E-state index contributed by atoms with van der Waals surface area (Å²) in [6.07, 6.45) is 5.57. The maximum atomic E-state index is 13.1. The van der Waals surface area contributed by atoms with Gasteiger partial charge in [0.25, 0.3) is 0 Å². The molecule has 2 atom stereocenters. The van der Waals surface area contributed by atoms with Crippen LogP contribution < -0.4 is 5.32 Å². The summed E-state index contributed by atoms with van der Waals surface area (Å²) < 4.78 is 9.38. The Labute approximate surface area is 167 Å². The number of hydrogen-bond donors (Lipinski definition) is 2. The quantitative estimate of drug-likeness (QED) is 0.690. The fraction of sp³-hybridized carbons (Fsp3) is 0.421. The van der Waals surface area contributed by atoms with Crippen LogP contribution in [0.4, 0.5) is 4.79 Å². The summed E-state index contributed by atoms with van der Waals surface area (Å²) in [6, 6.07) is 1.81. The first-order valence-electron chi connectivity index (χ1n) is 9.19. The van der Waals surface area contributed by atoms with E-state index in [9.17, 15) is 14.4 Å². The Morgan fingerprint density at radius 2 is 2.03 bits per heavy atom. The van der Waals surface area contributed by atoms with Gasteiger partial charge in [-0.3, -0.25) is 9.78 Å². The second-order valence-corrected chi connectivity index (χ2v) is 6.53. The van der Waals surface area contributed by atoms with Gasteiger partial charge in [0, 0.05) is 37.5 Å². The van der Waals surface area contributed by atoms with Crippen molar-refractivity contribution in [2.75, 3.05) is 20.8 Å². The maximum absolute atomic E-state index is 13.1. The van der Waals surface area contributed by atoms with Crippen LogP contribution in [0, 0.1) is 0 Å². The van der Waals surface area contributed by atoms with Gasteiger partial charge in [-0.15, -0.1) is 0 Å². The predicted molar refractivity (Wildman–Crippen MR) is 101 cm³/mol. The van der Waals surface area contributed by atoms with Crippen molar-refractivity contribution >= 4 is 18.0 Å². The summed E-state index contributed by atoms with van der Waals surface area (Å²) in [5.74, 6) is -1.10. The minimum atomic E-state index is -0.967. The van der Waals surface area contributed by atoms with E-state index in [0.717, 1.165) is 17.0 Å². The van der Waals surface area contributed by atoms with Crippen LogP contribution >= 0.6 is 0 Å². The fourth-order valence-corrected chi connectivity index (χ4v) is 3.37. The zero-order valence-corrected chi connectivity index (χ0v) is 16.3. The lowest BCUT2D eigenvalue weighted by Gasteiger charge is -2.36. The topological polar surface area (TPSA) is 127 Å². The van der Waals surface area contributed by atoms with Crippen LogP contribution in [0.15, 0.2) is 30.9 Å². The molecule has 0 aromatic carbocycles. The number of rotatable bonds is 6. The van der Waals surface area contributed by atoms with Gasteiger partial charge in [-0.25, -0.2) is 14.6 Å². The van der Waals surface area contributed by atoms with Crippen molar-refractivity contribution in [3.05, 3.63) is 47.8 Å².